The molecule has 0 spiro atoms. The highest BCUT2D eigenvalue weighted by atomic mass is 16.6. The minimum Gasteiger partial charge on any atom is -0.259 e. The Labute approximate surface area is 144 Å². The van der Waals surface area contributed by atoms with E-state index in [0.29, 0.717) is 12.8 Å². The fourth-order valence-corrected chi connectivity index (χ4v) is 2.27. The van der Waals surface area contributed by atoms with E-state index in [2.05, 4.69) is 6.92 Å². The van der Waals surface area contributed by atoms with E-state index in [1.807, 2.05) is 19.1 Å². The SMILES string of the molecule is CC/C=C\C/C=C(\C/C(=C\CCCCCCCC)[N+](=O)[O-])[N+](=O)[O-]. The molecule has 0 amide bonds. The molecule has 136 valence electrons. The number of unbranched alkanes of at least 4 members (excludes halogenated alkanes) is 6. The van der Waals surface area contributed by atoms with Crippen molar-refractivity contribution in [3.05, 3.63) is 55.9 Å². The van der Waals surface area contributed by atoms with Gasteiger partial charge in [-0.2, -0.15) is 0 Å². The number of hydrogen-bond acceptors (Lipinski definition) is 4. The second-order valence-corrected chi connectivity index (χ2v) is 5.75. The maximum Gasteiger partial charge on any atom is 0.253 e. The highest BCUT2D eigenvalue weighted by Crippen LogP contribution is 2.16. The molecule has 0 aliphatic heterocycles. The summed E-state index contributed by atoms with van der Waals surface area (Å²) >= 11 is 0. The lowest BCUT2D eigenvalue weighted by Gasteiger charge is -2.00. The van der Waals surface area contributed by atoms with Crippen LogP contribution in [0.2, 0.25) is 0 Å². The first-order chi connectivity index (χ1) is 11.5. The van der Waals surface area contributed by atoms with Crippen molar-refractivity contribution in [2.75, 3.05) is 0 Å². The Morgan fingerprint density at radius 2 is 1.42 bits per heavy atom. The first kappa shape index (κ1) is 22.0. The zero-order valence-electron chi connectivity index (χ0n) is 14.9. The number of nitrogens with zero attached hydrogens (tertiary/aromatic N) is 2. The van der Waals surface area contributed by atoms with Gasteiger partial charge in [0.2, 0.25) is 0 Å². The fraction of sp³-hybridized carbons (Fsp3) is 0.667. The van der Waals surface area contributed by atoms with E-state index in [1.54, 1.807) is 6.08 Å². The summed E-state index contributed by atoms with van der Waals surface area (Å²) in [4.78, 5) is 21.1. The summed E-state index contributed by atoms with van der Waals surface area (Å²) in [7, 11) is 0. The van der Waals surface area contributed by atoms with Crippen LogP contribution in [0.5, 0.6) is 0 Å². The van der Waals surface area contributed by atoms with Crippen LogP contribution in [0.1, 0.15) is 78.1 Å². The van der Waals surface area contributed by atoms with E-state index < -0.39 is 9.85 Å². The molecule has 0 bridgehead atoms. The smallest absolute Gasteiger partial charge is 0.253 e. The third-order valence-electron chi connectivity index (χ3n) is 3.66. The van der Waals surface area contributed by atoms with E-state index in [1.165, 1.54) is 25.3 Å². The van der Waals surface area contributed by atoms with Gasteiger partial charge in [-0.05, 0) is 37.8 Å². The van der Waals surface area contributed by atoms with Gasteiger partial charge in [-0.3, -0.25) is 20.2 Å². The number of nitro groups is 2. The van der Waals surface area contributed by atoms with Crippen molar-refractivity contribution in [3.63, 3.8) is 0 Å². The molecule has 0 heterocycles. The van der Waals surface area contributed by atoms with Crippen LogP contribution >= 0.6 is 0 Å². The van der Waals surface area contributed by atoms with Crippen LogP contribution in [-0.2, 0) is 0 Å². The lowest BCUT2D eigenvalue weighted by Crippen LogP contribution is -2.06. The predicted molar refractivity (Wildman–Crippen MR) is 96.8 cm³/mol. The second kappa shape index (κ2) is 14.6. The van der Waals surface area contributed by atoms with Gasteiger partial charge in [-0.25, -0.2) is 0 Å². The van der Waals surface area contributed by atoms with Gasteiger partial charge in [0.25, 0.3) is 11.4 Å². The van der Waals surface area contributed by atoms with E-state index >= 15 is 0 Å². The molecular formula is C18H30N2O4. The molecule has 0 aromatic carbocycles. The van der Waals surface area contributed by atoms with Crippen LogP contribution in [-0.4, -0.2) is 9.85 Å². The maximum absolute atomic E-state index is 11.1. The quantitative estimate of drug-likeness (QED) is 0.173. The van der Waals surface area contributed by atoms with Gasteiger partial charge in [0, 0.05) is 0 Å². The van der Waals surface area contributed by atoms with Crippen molar-refractivity contribution in [3.8, 4) is 0 Å². The summed E-state index contributed by atoms with van der Waals surface area (Å²) in [6.07, 6.45) is 15.1. The molecule has 6 heteroatoms. The third kappa shape index (κ3) is 11.6. The molecule has 0 aliphatic carbocycles. The highest BCUT2D eigenvalue weighted by molar-refractivity contribution is 5.07. The standard InChI is InChI=1S/C18H30N2O4/c1-3-5-7-9-10-11-13-15-18(20(23)24)16-17(19(21)22)14-12-8-6-4-2/h6,8,14-15H,3-5,7,9-13,16H2,1-2H3/b8-6-,17-14+,18-15+. The Balaban J connectivity index is 4.55. The molecule has 6 nitrogen and oxygen atoms in total. The van der Waals surface area contributed by atoms with E-state index in [0.717, 1.165) is 25.7 Å². The van der Waals surface area contributed by atoms with Gasteiger partial charge < -0.3 is 0 Å². The number of allylic oxidation sites excluding steroid dienone is 4. The van der Waals surface area contributed by atoms with Gasteiger partial charge >= 0.3 is 0 Å². The zero-order valence-corrected chi connectivity index (χ0v) is 14.9. The molecule has 0 radical (unpaired) electrons. The lowest BCUT2D eigenvalue weighted by molar-refractivity contribution is -0.450. The summed E-state index contributed by atoms with van der Waals surface area (Å²) in [5, 5.41) is 22.2. The fourth-order valence-electron chi connectivity index (χ4n) is 2.27. The molecule has 0 atom stereocenters. The second-order valence-electron chi connectivity index (χ2n) is 5.75. The predicted octanol–water partition coefficient (Wildman–Crippen LogP) is 5.80. The van der Waals surface area contributed by atoms with Crippen molar-refractivity contribution >= 4 is 0 Å². The van der Waals surface area contributed by atoms with Crippen molar-refractivity contribution in [2.24, 2.45) is 0 Å². The number of hydrogen-bond donors (Lipinski definition) is 0. The lowest BCUT2D eigenvalue weighted by atomic mass is 10.1. The Kier molecular flexibility index (Phi) is 13.4. The highest BCUT2D eigenvalue weighted by Gasteiger charge is 2.20. The molecule has 0 aromatic rings. The van der Waals surface area contributed by atoms with Crippen LogP contribution in [0.3, 0.4) is 0 Å². The molecule has 0 unspecified atom stereocenters. The largest absolute Gasteiger partial charge is 0.259 e. The molecular weight excluding hydrogens is 308 g/mol. The molecule has 0 fully saturated rings. The van der Waals surface area contributed by atoms with Gasteiger partial charge in [0.05, 0.1) is 9.85 Å². The summed E-state index contributed by atoms with van der Waals surface area (Å²) in [6, 6.07) is 0. The minimum atomic E-state index is -0.526. The van der Waals surface area contributed by atoms with Crippen molar-refractivity contribution in [1.29, 1.82) is 0 Å². The van der Waals surface area contributed by atoms with Gasteiger partial charge in [-0.1, -0.05) is 58.1 Å². The summed E-state index contributed by atoms with van der Waals surface area (Å²) < 4.78 is 0. The van der Waals surface area contributed by atoms with Crippen LogP contribution in [0.4, 0.5) is 0 Å². The Morgan fingerprint density at radius 1 is 0.833 bits per heavy atom. The van der Waals surface area contributed by atoms with Crippen LogP contribution in [0.15, 0.2) is 35.7 Å². The summed E-state index contributed by atoms with van der Waals surface area (Å²) in [6.45, 7) is 4.13. The van der Waals surface area contributed by atoms with Crippen molar-refractivity contribution in [2.45, 2.75) is 78.1 Å². The van der Waals surface area contributed by atoms with Gasteiger partial charge in [0.1, 0.15) is 6.42 Å². The van der Waals surface area contributed by atoms with Gasteiger partial charge in [-0.15, -0.1) is 0 Å². The minimum absolute atomic E-state index is 0.0778. The molecule has 0 aromatic heterocycles. The monoisotopic (exact) mass is 338 g/mol. The van der Waals surface area contributed by atoms with Crippen LogP contribution < -0.4 is 0 Å². The normalized spacial score (nSPS) is 12.8. The Hall–Kier alpha value is -1.98. The van der Waals surface area contributed by atoms with E-state index in [-0.39, 0.29) is 17.8 Å². The summed E-state index contributed by atoms with van der Waals surface area (Å²) in [5.74, 6) is 0. The van der Waals surface area contributed by atoms with Crippen molar-refractivity contribution in [1.82, 2.24) is 0 Å². The average Bonchev–Trinajstić information content (AvgIpc) is 2.54. The first-order valence-electron chi connectivity index (χ1n) is 8.84. The maximum atomic E-state index is 11.1. The third-order valence-corrected chi connectivity index (χ3v) is 3.66. The van der Waals surface area contributed by atoms with E-state index in [4.69, 9.17) is 0 Å². The zero-order chi connectivity index (χ0) is 18.2. The average molecular weight is 338 g/mol. The Bertz CT molecular complexity index is 468. The topological polar surface area (TPSA) is 86.3 Å². The molecule has 0 rings (SSSR count). The summed E-state index contributed by atoms with van der Waals surface area (Å²) in [5.41, 5.74) is -0.187. The molecule has 0 N–H and O–H groups in total. The van der Waals surface area contributed by atoms with Gasteiger partial charge in [0.15, 0.2) is 0 Å². The van der Waals surface area contributed by atoms with Crippen LogP contribution in [0, 0.1) is 20.2 Å². The van der Waals surface area contributed by atoms with Crippen molar-refractivity contribution < 1.29 is 9.85 Å². The first-order valence-corrected chi connectivity index (χ1v) is 8.84. The molecule has 0 aliphatic rings. The Morgan fingerprint density at radius 3 is 2.00 bits per heavy atom. The molecule has 0 saturated carbocycles. The molecule has 24 heavy (non-hydrogen) atoms. The molecule has 0 saturated heterocycles. The number of rotatable bonds is 14. The van der Waals surface area contributed by atoms with E-state index in [9.17, 15) is 20.2 Å². The van der Waals surface area contributed by atoms with Crippen LogP contribution in [0.25, 0.3) is 0 Å².